The van der Waals surface area contributed by atoms with Gasteiger partial charge in [-0.1, -0.05) is 39.0 Å². The van der Waals surface area contributed by atoms with Crippen LogP contribution in [0.2, 0.25) is 0 Å². The third kappa shape index (κ3) is 34.2. The Kier molecular flexibility index (Phi) is 36.6. The van der Waals surface area contributed by atoms with Gasteiger partial charge in [-0.25, -0.2) is 0 Å². The van der Waals surface area contributed by atoms with Crippen molar-refractivity contribution in [1.29, 1.82) is 0 Å². The van der Waals surface area contributed by atoms with Crippen molar-refractivity contribution >= 4 is 17.8 Å². The molecule has 0 fully saturated rings. The molecule has 2 amide bonds. The first kappa shape index (κ1) is 48.9. The van der Waals surface area contributed by atoms with E-state index >= 15 is 0 Å². The molecular formula is C37H67NO15. The highest BCUT2D eigenvalue weighted by molar-refractivity contribution is 6.12. The maximum atomic E-state index is 11.7. The zero-order valence-electron chi connectivity index (χ0n) is 32.1. The van der Waals surface area contributed by atoms with E-state index in [1.165, 1.54) is 37.8 Å². The Hall–Kier alpha value is -2.09. The number of hydrogen-bond acceptors (Lipinski definition) is 15. The number of ether oxygens (including phenoxy) is 12. The highest BCUT2D eigenvalue weighted by Gasteiger charge is 2.22. The molecule has 0 atom stereocenters. The second kappa shape index (κ2) is 39.6. The van der Waals surface area contributed by atoms with Crippen LogP contribution in [0.3, 0.4) is 0 Å². The highest BCUT2D eigenvalue weighted by Crippen LogP contribution is 2.07. The zero-order chi connectivity index (χ0) is 38.1. The monoisotopic (exact) mass is 765 g/mol. The molecule has 53 heavy (non-hydrogen) atoms. The van der Waals surface area contributed by atoms with Crippen LogP contribution in [0, 0.1) is 0 Å². The van der Waals surface area contributed by atoms with Crippen molar-refractivity contribution in [2.75, 3.05) is 159 Å². The highest BCUT2D eigenvalue weighted by atomic mass is 16.6. The molecule has 0 unspecified atom stereocenters. The van der Waals surface area contributed by atoms with E-state index in [-0.39, 0.29) is 37.5 Å². The fourth-order valence-electron chi connectivity index (χ4n) is 4.44. The SMILES string of the molecule is CCCCCCCCC(=O)OCCOCCOCCOCCOCCOCCOCCOCCOCCOCCOCCOCCN1C(=O)C=CC1=O. The zero-order valence-corrected chi connectivity index (χ0v) is 32.1. The van der Waals surface area contributed by atoms with Gasteiger partial charge in [-0.3, -0.25) is 19.3 Å². The molecule has 16 nitrogen and oxygen atoms in total. The van der Waals surface area contributed by atoms with E-state index in [0.717, 1.165) is 17.7 Å². The van der Waals surface area contributed by atoms with Gasteiger partial charge in [0.15, 0.2) is 0 Å². The number of imide groups is 1. The predicted octanol–water partition coefficient (Wildman–Crippen LogP) is 2.39. The van der Waals surface area contributed by atoms with Gasteiger partial charge in [0.05, 0.1) is 152 Å². The van der Waals surface area contributed by atoms with Crippen LogP contribution in [-0.2, 0) is 71.2 Å². The number of unbranched alkanes of at least 4 members (excludes halogenated alkanes) is 5. The molecule has 1 rings (SSSR count). The van der Waals surface area contributed by atoms with Crippen molar-refractivity contribution in [3.63, 3.8) is 0 Å². The molecule has 0 N–H and O–H groups in total. The molecule has 1 aliphatic rings. The van der Waals surface area contributed by atoms with Gasteiger partial charge < -0.3 is 56.8 Å². The van der Waals surface area contributed by atoms with E-state index in [0.29, 0.717) is 145 Å². The van der Waals surface area contributed by atoms with Crippen LogP contribution in [0.25, 0.3) is 0 Å². The third-order valence-electron chi connectivity index (χ3n) is 7.31. The fourth-order valence-corrected chi connectivity index (χ4v) is 4.44. The fraction of sp³-hybridized carbons (Fsp3) is 0.865. The molecule has 16 heteroatoms. The summed E-state index contributed by atoms with van der Waals surface area (Å²) >= 11 is 0. The lowest BCUT2D eigenvalue weighted by molar-refractivity contribution is -0.145. The summed E-state index contributed by atoms with van der Waals surface area (Å²) in [7, 11) is 0. The van der Waals surface area contributed by atoms with E-state index in [2.05, 4.69) is 6.92 Å². The van der Waals surface area contributed by atoms with Crippen molar-refractivity contribution in [2.45, 2.75) is 51.9 Å². The van der Waals surface area contributed by atoms with Gasteiger partial charge in [-0.2, -0.15) is 0 Å². The summed E-state index contributed by atoms with van der Waals surface area (Å²) in [6.45, 7) is 12.6. The maximum absolute atomic E-state index is 11.7. The Morgan fingerprint density at radius 2 is 0.698 bits per heavy atom. The van der Waals surface area contributed by atoms with E-state index < -0.39 is 0 Å². The normalized spacial score (nSPS) is 12.8. The predicted molar refractivity (Wildman–Crippen MR) is 194 cm³/mol. The summed E-state index contributed by atoms with van der Waals surface area (Å²) in [5.74, 6) is -0.768. The van der Waals surface area contributed by atoms with Gasteiger partial charge in [0.2, 0.25) is 0 Å². The van der Waals surface area contributed by atoms with Gasteiger partial charge in [0.25, 0.3) is 11.8 Å². The van der Waals surface area contributed by atoms with Crippen molar-refractivity contribution in [1.82, 2.24) is 4.90 Å². The Bertz CT molecular complexity index is 861. The maximum Gasteiger partial charge on any atom is 0.305 e. The topological polar surface area (TPSA) is 165 Å². The van der Waals surface area contributed by atoms with Crippen LogP contribution < -0.4 is 0 Å². The van der Waals surface area contributed by atoms with Gasteiger partial charge >= 0.3 is 5.97 Å². The molecule has 0 aliphatic carbocycles. The first-order valence-corrected chi connectivity index (χ1v) is 19.2. The number of amides is 2. The Morgan fingerprint density at radius 1 is 0.415 bits per heavy atom. The standard InChI is InChI=1S/C37H67NO15/c1-2-3-4-5-6-7-8-37(41)53-34-33-52-32-31-51-30-29-50-28-27-49-26-25-48-24-23-47-22-21-46-20-19-45-18-17-44-16-15-43-14-13-42-12-11-38-35(39)9-10-36(38)40/h9-10H,2-8,11-34H2,1H3. The number of rotatable bonds is 43. The molecule has 1 aliphatic heterocycles. The Balaban J connectivity index is 1.63. The summed E-state index contributed by atoms with van der Waals surface area (Å²) in [6.07, 6.45) is 9.89. The molecular weight excluding hydrogens is 698 g/mol. The minimum absolute atomic E-state index is 0.150. The van der Waals surface area contributed by atoms with Crippen LogP contribution in [0.1, 0.15) is 51.9 Å². The minimum Gasteiger partial charge on any atom is -0.463 e. The average molecular weight is 766 g/mol. The van der Waals surface area contributed by atoms with Crippen LogP contribution in [-0.4, -0.2) is 181 Å². The molecule has 1 heterocycles. The van der Waals surface area contributed by atoms with E-state index in [4.69, 9.17) is 56.8 Å². The smallest absolute Gasteiger partial charge is 0.305 e. The van der Waals surface area contributed by atoms with Gasteiger partial charge in [0, 0.05) is 18.6 Å². The number of carbonyl (C=O) groups excluding carboxylic acids is 3. The lowest BCUT2D eigenvalue weighted by atomic mass is 10.1. The summed E-state index contributed by atoms with van der Waals surface area (Å²) in [6, 6.07) is 0. The second-order valence-corrected chi connectivity index (χ2v) is 11.6. The minimum atomic E-state index is -0.309. The number of nitrogens with zero attached hydrogens (tertiary/aromatic N) is 1. The molecule has 310 valence electrons. The molecule has 0 aromatic rings. The summed E-state index contributed by atoms with van der Waals surface area (Å²) < 4.78 is 65.1. The van der Waals surface area contributed by atoms with Crippen molar-refractivity contribution in [3.8, 4) is 0 Å². The summed E-state index contributed by atoms with van der Waals surface area (Å²) in [5, 5.41) is 0. The van der Waals surface area contributed by atoms with Gasteiger partial charge in [-0.15, -0.1) is 0 Å². The molecule has 0 radical (unpaired) electrons. The summed E-state index contributed by atoms with van der Waals surface area (Å²) in [4.78, 5) is 35.6. The van der Waals surface area contributed by atoms with Crippen LogP contribution in [0.5, 0.6) is 0 Å². The van der Waals surface area contributed by atoms with E-state index in [1.807, 2.05) is 0 Å². The van der Waals surface area contributed by atoms with Crippen molar-refractivity contribution in [3.05, 3.63) is 12.2 Å². The molecule has 0 bridgehead atoms. The second-order valence-electron chi connectivity index (χ2n) is 11.6. The van der Waals surface area contributed by atoms with E-state index in [9.17, 15) is 14.4 Å². The third-order valence-corrected chi connectivity index (χ3v) is 7.31. The van der Waals surface area contributed by atoms with Crippen molar-refractivity contribution < 1.29 is 71.2 Å². The first-order valence-electron chi connectivity index (χ1n) is 19.2. The lowest BCUT2D eigenvalue weighted by Crippen LogP contribution is -2.33. The van der Waals surface area contributed by atoms with E-state index in [1.54, 1.807) is 0 Å². The lowest BCUT2D eigenvalue weighted by Gasteiger charge is -2.13. The van der Waals surface area contributed by atoms with Gasteiger partial charge in [-0.05, 0) is 6.42 Å². The number of esters is 1. The van der Waals surface area contributed by atoms with Crippen molar-refractivity contribution in [2.24, 2.45) is 0 Å². The molecule has 0 aromatic heterocycles. The molecule has 0 aromatic carbocycles. The molecule has 0 spiro atoms. The quantitative estimate of drug-likeness (QED) is 0.0505. The summed E-state index contributed by atoms with van der Waals surface area (Å²) in [5.41, 5.74) is 0. The molecule has 0 saturated carbocycles. The Labute approximate surface area is 316 Å². The van der Waals surface area contributed by atoms with Gasteiger partial charge in [0.1, 0.15) is 6.61 Å². The largest absolute Gasteiger partial charge is 0.463 e. The average Bonchev–Trinajstić information content (AvgIpc) is 3.48. The first-order chi connectivity index (χ1) is 26.1. The Morgan fingerprint density at radius 3 is 1.04 bits per heavy atom. The van der Waals surface area contributed by atoms with Crippen LogP contribution in [0.4, 0.5) is 0 Å². The molecule has 0 saturated heterocycles. The number of hydrogen-bond donors (Lipinski definition) is 0. The van der Waals surface area contributed by atoms with Crippen LogP contribution >= 0.6 is 0 Å². The van der Waals surface area contributed by atoms with Crippen LogP contribution in [0.15, 0.2) is 12.2 Å². The number of carbonyl (C=O) groups is 3.